The second kappa shape index (κ2) is 9.94. The van der Waals surface area contributed by atoms with E-state index in [1.54, 1.807) is 12.1 Å². The number of likely N-dealkylation sites (tertiary alicyclic amines) is 1. The molecule has 0 spiro atoms. The first-order valence-electron chi connectivity index (χ1n) is 9.37. The third-order valence-corrected chi connectivity index (χ3v) is 4.67. The first-order valence-corrected chi connectivity index (χ1v) is 9.37. The van der Waals surface area contributed by atoms with Gasteiger partial charge in [0.1, 0.15) is 5.75 Å². The van der Waals surface area contributed by atoms with Crippen LogP contribution in [0.5, 0.6) is 5.75 Å². The zero-order chi connectivity index (χ0) is 19.8. The summed E-state index contributed by atoms with van der Waals surface area (Å²) in [7, 11) is 0. The van der Waals surface area contributed by atoms with Gasteiger partial charge in [0.2, 0.25) is 11.8 Å². The van der Waals surface area contributed by atoms with E-state index in [0.29, 0.717) is 44.6 Å². The Morgan fingerprint density at radius 2 is 1.81 bits per heavy atom. The van der Waals surface area contributed by atoms with Crippen molar-refractivity contribution in [2.24, 2.45) is 11.8 Å². The largest absolute Gasteiger partial charge is 0.482 e. The summed E-state index contributed by atoms with van der Waals surface area (Å²) >= 11 is 0. The van der Waals surface area contributed by atoms with E-state index in [1.807, 2.05) is 30.9 Å². The molecule has 27 heavy (non-hydrogen) atoms. The monoisotopic (exact) mass is 376 g/mol. The van der Waals surface area contributed by atoms with E-state index in [-0.39, 0.29) is 30.3 Å². The van der Waals surface area contributed by atoms with E-state index >= 15 is 0 Å². The highest BCUT2D eigenvalue weighted by Gasteiger charge is 2.27. The predicted octanol–water partition coefficient (Wildman–Crippen LogP) is 1.70. The molecule has 7 nitrogen and oxygen atoms in total. The fourth-order valence-corrected chi connectivity index (χ4v) is 3.10. The first-order chi connectivity index (χ1) is 12.9. The smallest absolute Gasteiger partial charge is 0.341 e. The number of aliphatic carboxylic acids is 1. The van der Waals surface area contributed by atoms with Gasteiger partial charge in [-0.05, 0) is 37.0 Å². The van der Waals surface area contributed by atoms with E-state index in [4.69, 9.17) is 9.84 Å². The predicted molar refractivity (Wildman–Crippen MR) is 100 cm³/mol. The van der Waals surface area contributed by atoms with Crippen LogP contribution in [-0.4, -0.2) is 54.0 Å². The van der Waals surface area contributed by atoms with Gasteiger partial charge in [0, 0.05) is 31.5 Å². The molecular weight excluding hydrogens is 348 g/mol. The Kier molecular flexibility index (Phi) is 7.64. The fraction of sp³-hybridized carbons (Fsp3) is 0.550. The number of carbonyl (C=O) groups excluding carboxylic acids is 2. The van der Waals surface area contributed by atoms with Crippen LogP contribution in [-0.2, 0) is 20.8 Å². The average molecular weight is 376 g/mol. The second-order valence-electron chi connectivity index (χ2n) is 7.12. The van der Waals surface area contributed by atoms with Crippen LogP contribution >= 0.6 is 0 Å². The lowest BCUT2D eigenvalue weighted by molar-refractivity contribution is -0.139. The van der Waals surface area contributed by atoms with Crippen molar-refractivity contribution in [1.82, 2.24) is 10.2 Å². The maximum atomic E-state index is 12.3. The number of carboxylic acid groups (broad SMARTS) is 1. The topological polar surface area (TPSA) is 95.9 Å². The van der Waals surface area contributed by atoms with Crippen LogP contribution in [0.15, 0.2) is 24.3 Å². The van der Waals surface area contributed by atoms with Crippen LogP contribution in [0.3, 0.4) is 0 Å². The minimum Gasteiger partial charge on any atom is -0.482 e. The second-order valence-corrected chi connectivity index (χ2v) is 7.12. The summed E-state index contributed by atoms with van der Waals surface area (Å²) in [6.45, 7) is 5.26. The molecule has 0 bridgehead atoms. The molecule has 0 aromatic heterocycles. The molecule has 0 radical (unpaired) electrons. The molecule has 2 amide bonds. The molecule has 7 heteroatoms. The number of piperidine rings is 1. The highest BCUT2D eigenvalue weighted by atomic mass is 16.5. The van der Waals surface area contributed by atoms with Crippen molar-refractivity contribution < 1.29 is 24.2 Å². The normalized spacial score (nSPS) is 14.9. The summed E-state index contributed by atoms with van der Waals surface area (Å²) in [5.74, 6) is -0.337. The van der Waals surface area contributed by atoms with Crippen molar-refractivity contribution in [2.75, 3.05) is 26.2 Å². The molecule has 1 aliphatic rings. The van der Waals surface area contributed by atoms with Crippen molar-refractivity contribution in [3.63, 3.8) is 0 Å². The zero-order valence-corrected chi connectivity index (χ0v) is 15.9. The number of hydrogen-bond acceptors (Lipinski definition) is 4. The number of nitrogens with one attached hydrogen (secondary N) is 1. The molecule has 1 saturated heterocycles. The third-order valence-electron chi connectivity index (χ3n) is 4.67. The number of carboxylic acids is 1. The summed E-state index contributed by atoms with van der Waals surface area (Å²) in [4.78, 5) is 36.6. The SMILES string of the molecule is CC(C)C(=O)N1CCC(C(=O)NCCc2ccc(OCC(=O)O)cc2)CC1. The minimum atomic E-state index is -1.01. The van der Waals surface area contributed by atoms with Crippen molar-refractivity contribution in [3.05, 3.63) is 29.8 Å². The summed E-state index contributed by atoms with van der Waals surface area (Å²) in [6, 6.07) is 7.17. The van der Waals surface area contributed by atoms with Gasteiger partial charge in [0.15, 0.2) is 6.61 Å². The minimum absolute atomic E-state index is 0.00343. The Hall–Kier alpha value is -2.57. The Morgan fingerprint density at radius 3 is 2.37 bits per heavy atom. The molecule has 2 N–H and O–H groups in total. The molecule has 0 aliphatic carbocycles. The average Bonchev–Trinajstić information content (AvgIpc) is 2.66. The van der Waals surface area contributed by atoms with Crippen molar-refractivity contribution in [2.45, 2.75) is 33.1 Å². The quantitative estimate of drug-likeness (QED) is 0.720. The lowest BCUT2D eigenvalue weighted by Crippen LogP contribution is -2.44. The lowest BCUT2D eigenvalue weighted by atomic mass is 9.95. The molecule has 0 unspecified atom stereocenters. The Morgan fingerprint density at radius 1 is 1.19 bits per heavy atom. The number of carbonyl (C=O) groups is 3. The molecule has 1 fully saturated rings. The Labute approximate surface area is 159 Å². The lowest BCUT2D eigenvalue weighted by Gasteiger charge is -2.32. The van der Waals surface area contributed by atoms with Gasteiger partial charge in [0.05, 0.1) is 0 Å². The molecule has 1 heterocycles. The molecule has 1 aromatic carbocycles. The number of ether oxygens (including phenoxy) is 1. The summed E-state index contributed by atoms with van der Waals surface area (Å²) in [5.41, 5.74) is 1.04. The van der Waals surface area contributed by atoms with E-state index in [1.165, 1.54) is 0 Å². The van der Waals surface area contributed by atoms with Crippen LogP contribution in [0, 0.1) is 11.8 Å². The molecule has 1 aromatic rings. The van der Waals surface area contributed by atoms with E-state index < -0.39 is 5.97 Å². The van der Waals surface area contributed by atoms with E-state index in [0.717, 1.165) is 5.56 Å². The molecule has 1 aliphatic heterocycles. The van der Waals surface area contributed by atoms with Gasteiger partial charge < -0.3 is 20.1 Å². The van der Waals surface area contributed by atoms with Gasteiger partial charge in [-0.15, -0.1) is 0 Å². The van der Waals surface area contributed by atoms with Crippen molar-refractivity contribution in [3.8, 4) is 5.75 Å². The van der Waals surface area contributed by atoms with E-state index in [2.05, 4.69) is 5.32 Å². The van der Waals surface area contributed by atoms with Gasteiger partial charge in [-0.1, -0.05) is 26.0 Å². The maximum Gasteiger partial charge on any atom is 0.341 e. The summed E-state index contributed by atoms with van der Waals surface area (Å²) < 4.78 is 5.09. The van der Waals surface area contributed by atoms with Crippen LogP contribution < -0.4 is 10.1 Å². The number of amides is 2. The highest BCUT2D eigenvalue weighted by molar-refractivity contribution is 5.80. The molecule has 0 saturated carbocycles. The van der Waals surface area contributed by atoms with Crippen LogP contribution in [0.2, 0.25) is 0 Å². The Balaban J connectivity index is 1.69. The number of nitrogens with zero attached hydrogens (tertiary/aromatic N) is 1. The molecule has 0 atom stereocenters. The van der Waals surface area contributed by atoms with Gasteiger partial charge in [-0.3, -0.25) is 9.59 Å². The van der Waals surface area contributed by atoms with Gasteiger partial charge in [0.25, 0.3) is 0 Å². The van der Waals surface area contributed by atoms with Crippen LogP contribution in [0.1, 0.15) is 32.3 Å². The van der Waals surface area contributed by atoms with Gasteiger partial charge in [-0.25, -0.2) is 4.79 Å². The summed E-state index contributed by atoms with van der Waals surface area (Å²) in [5, 5.41) is 11.6. The zero-order valence-electron chi connectivity index (χ0n) is 15.9. The number of rotatable bonds is 8. The first kappa shape index (κ1) is 20.7. The third kappa shape index (κ3) is 6.58. The highest BCUT2D eigenvalue weighted by Crippen LogP contribution is 2.19. The van der Waals surface area contributed by atoms with Crippen molar-refractivity contribution in [1.29, 1.82) is 0 Å². The van der Waals surface area contributed by atoms with Gasteiger partial charge >= 0.3 is 5.97 Å². The van der Waals surface area contributed by atoms with Crippen molar-refractivity contribution >= 4 is 17.8 Å². The summed E-state index contributed by atoms with van der Waals surface area (Å²) in [6.07, 6.45) is 2.11. The number of hydrogen-bond donors (Lipinski definition) is 2. The number of benzene rings is 1. The molecule has 148 valence electrons. The molecule has 2 rings (SSSR count). The maximum absolute atomic E-state index is 12.3. The van der Waals surface area contributed by atoms with E-state index in [9.17, 15) is 14.4 Å². The fourth-order valence-electron chi connectivity index (χ4n) is 3.10. The van der Waals surface area contributed by atoms with Gasteiger partial charge in [-0.2, -0.15) is 0 Å². The Bertz CT molecular complexity index is 649. The standard InChI is InChI=1S/C20H28N2O5/c1-14(2)20(26)22-11-8-16(9-12-22)19(25)21-10-7-15-3-5-17(6-4-15)27-13-18(23)24/h3-6,14,16H,7-13H2,1-2H3,(H,21,25)(H,23,24). The van der Waals surface area contributed by atoms with Crippen LogP contribution in [0.4, 0.5) is 0 Å². The molecular formula is C20H28N2O5. The van der Waals surface area contributed by atoms with Crippen LogP contribution in [0.25, 0.3) is 0 Å².